The molecule has 0 atom stereocenters. The molecule has 8 heteroatoms. The van der Waals surface area contributed by atoms with Gasteiger partial charge in [0.25, 0.3) is 0 Å². The number of carboxylic acids is 1. The van der Waals surface area contributed by atoms with Gasteiger partial charge in [0.05, 0.1) is 17.2 Å². The van der Waals surface area contributed by atoms with E-state index >= 15 is 0 Å². The Kier molecular flexibility index (Phi) is 5.67. The quantitative estimate of drug-likeness (QED) is 0.436. The van der Waals surface area contributed by atoms with Crippen molar-refractivity contribution in [3.05, 3.63) is 59.4 Å². The fraction of sp³-hybridized carbons (Fsp3) is 0.227. The highest BCUT2D eigenvalue weighted by Crippen LogP contribution is 2.36. The zero-order valence-electron chi connectivity index (χ0n) is 16.8. The lowest BCUT2D eigenvalue weighted by atomic mass is 10.2. The lowest BCUT2D eigenvalue weighted by Crippen LogP contribution is -2.09. The van der Waals surface area contributed by atoms with Crippen molar-refractivity contribution in [1.29, 1.82) is 0 Å². The van der Waals surface area contributed by atoms with Crippen LogP contribution in [0.1, 0.15) is 22.3 Å². The summed E-state index contributed by atoms with van der Waals surface area (Å²) in [6.45, 7) is 2.95. The first-order valence-electron chi connectivity index (χ1n) is 9.66. The van der Waals surface area contributed by atoms with E-state index in [0.717, 1.165) is 29.2 Å². The molecule has 0 unspecified atom stereocenters. The molecule has 0 fully saturated rings. The van der Waals surface area contributed by atoms with E-state index in [1.165, 1.54) is 22.9 Å². The maximum atomic E-state index is 11.5. The first-order valence-corrected chi connectivity index (χ1v) is 10.5. The number of rotatable bonds is 8. The van der Waals surface area contributed by atoms with Crippen molar-refractivity contribution in [2.24, 2.45) is 7.05 Å². The first kappa shape index (κ1) is 19.9. The van der Waals surface area contributed by atoms with Crippen molar-refractivity contribution >= 4 is 34.0 Å². The molecule has 0 aliphatic rings. The lowest BCUT2D eigenvalue weighted by molar-refractivity contribution is 0.0698. The summed E-state index contributed by atoms with van der Waals surface area (Å²) >= 11 is 1.15. The number of aromatic nitrogens is 3. The molecule has 0 amide bonds. The normalized spacial score (nSPS) is 11.0. The molecular formula is C22H22N4O3S. The molecule has 4 rings (SSSR count). The number of carboxylic acid groups (broad SMARTS) is 1. The Morgan fingerprint density at radius 2 is 2.07 bits per heavy atom. The van der Waals surface area contributed by atoms with Crippen LogP contribution in [0.3, 0.4) is 0 Å². The number of fused-ring (bicyclic) bond motifs is 1. The van der Waals surface area contributed by atoms with Crippen LogP contribution >= 0.6 is 11.3 Å². The fourth-order valence-corrected chi connectivity index (χ4v) is 4.31. The van der Waals surface area contributed by atoms with Gasteiger partial charge in [-0.3, -0.25) is 0 Å². The van der Waals surface area contributed by atoms with Gasteiger partial charge in [-0.1, -0.05) is 18.2 Å². The molecule has 154 valence electrons. The van der Waals surface area contributed by atoms with Crippen molar-refractivity contribution in [2.75, 3.05) is 18.5 Å². The van der Waals surface area contributed by atoms with Crippen molar-refractivity contribution in [3.63, 3.8) is 0 Å². The molecule has 3 heterocycles. The van der Waals surface area contributed by atoms with Crippen LogP contribution in [0, 0.1) is 0 Å². The molecule has 2 N–H and O–H groups in total. The summed E-state index contributed by atoms with van der Waals surface area (Å²) in [5.41, 5.74) is 3.12. The number of nitrogens with one attached hydrogen (secondary N) is 1. The fourth-order valence-electron chi connectivity index (χ4n) is 3.41. The molecule has 30 heavy (non-hydrogen) atoms. The number of aromatic carboxylic acids is 1. The largest absolute Gasteiger partial charge is 0.492 e. The maximum absolute atomic E-state index is 11.5. The van der Waals surface area contributed by atoms with Crippen LogP contribution in [0.4, 0.5) is 5.82 Å². The van der Waals surface area contributed by atoms with Gasteiger partial charge in [-0.2, -0.15) is 0 Å². The molecule has 0 saturated carbocycles. The molecule has 7 nitrogen and oxygen atoms in total. The van der Waals surface area contributed by atoms with Crippen LogP contribution in [0.15, 0.2) is 48.8 Å². The Morgan fingerprint density at radius 3 is 2.83 bits per heavy atom. The Hall–Kier alpha value is -3.39. The first-order chi connectivity index (χ1) is 14.6. The summed E-state index contributed by atoms with van der Waals surface area (Å²) in [6.07, 6.45) is 2.33. The Morgan fingerprint density at radius 1 is 1.23 bits per heavy atom. The van der Waals surface area contributed by atoms with Crippen molar-refractivity contribution < 1.29 is 14.6 Å². The summed E-state index contributed by atoms with van der Waals surface area (Å²) < 4.78 is 7.65. The van der Waals surface area contributed by atoms with Crippen LogP contribution in [0.2, 0.25) is 0 Å². The van der Waals surface area contributed by atoms with E-state index in [2.05, 4.69) is 45.1 Å². The standard InChI is InChI=1S/C22H22N4O3S/c1-3-29-18-12-19(30-21(18)22(27)28)16-11-20(25-13-24-16)23-9-8-15-10-14-6-4-5-7-17(14)26(15)2/h4-7,10-13H,3,8-9H2,1-2H3,(H,27,28)(H,23,24,25). The van der Waals surface area contributed by atoms with Gasteiger partial charge in [0.15, 0.2) is 4.88 Å². The van der Waals surface area contributed by atoms with Gasteiger partial charge in [-0.15, -0.1) is 11.3 Å². The minimum atomic E-state index is -1.00. The molecule has 0 bridgehead atoms. The second-order valence-corrected chi connectivity index (χ2v) is 7.81. The van der Waals surface area contributed by atoms with Crippen molar-refractivity contribution in [3.8, 4) is 16.3 Å². The zero-order chi connectivity index (χ0) is 21.1. The highest BCUT2D eigenvalue weighted by atomic mass is 32.1. The van der Waals surface area contributed by atoms with Crippen molar-refractivity contribution in [2.45, 2.75) is 13.3 Å². The molecule has 0 aliphatic heterocycles. The number of ether oxygens (including phenoxy) is 1. The SMILES string of the molecule is CCOc1cc(-c2cc(NCCc3cc4ccccc4n3C)ncn2)sc1C(=O)O. The van der Waals surface area contributed by atoms with Gasteiger partial charge in [-0.25, -0.2) is 14.8 Å². The number of carbonyl (C=O) groups is 1. The Bertz CT molecular complexity index is 1200. The van der Waals surface area contributed by atoms with Gasteiger partial charge < -0.3 is 19.7 Å². The predicted molar refractivity (Wildman–Crippen MR) is 119 cm³/mol. The summed E-state index contributed by atoms with van der Waals surface area (Å²) in [4.78, 5) is 21.0. The number of aryl methyl sites for hydroxylation is 1. The van der Waals surface area contributed by atoms with Crippen LogP contribution in [0.5, 0.6) is 5.75 Å². The molecule has 0 aliphatic carbocycles. The Balaban J connectivity index is 1.48. The summed E-state index contributed by atoms with van der Waals surface area (Å²) in [7, 11) is 2.08. The van der Waals surface area contributed by atoms with Crippen LogP contribution in [-0.4, -0.2) is 38.8 Å². The lowest BCUT2D eigenvalue weighted by Gasteiger charge is -2.07. The summed E-state index contributed by atoms with van der Waals surface area (Å²) in [5, 5.41) is 14.0. The van der Waals surface area contributed by atoms with Gasteiger partial charge in [0.2, 0.25) is 0 Å². The number of nitrogens with zero attached hydrogens (tertiary/aromatic N) is 3. The zero-order valence-corrected chi connectivity index (χ0v) is 17.6. The molecular weight excluding hydrogens is 400 g/mol. The van der Waals surface area contributed by atoms with Gasteiger partial charge >= 0.3 is 5.97 Å². The highest BCUT2D eigenvalue weighted by molar-refractivity contribution is 7.17. The van der Waals surface area contributed by atoms with Crippen LogP contribution in [-0.2, 0) is 13.5 Å². The number of thiophene rings is 1. The molecule has 0 spiro atoms. The maximum Gasteiger partial charge on any atom is 0.349 e. The monoisotopic (exact) mass is 422 g/mol. The second-order valence-electron chi connectivity index (χ2n) is 6.76. The predicted octanol–water partition coefficient (Wildman–Crippen LogP) is 4.45. The Labute approximate surface area is 178 Å². The molecule has 0 radical (unpaired) electrons. The van der Waals surface area contributed by atoms with E-state index in [1.54, 1.807) is 6.07 Å². The summed E-state index contributed by atoms with van der Waals surface area (Å²) in [6, 6.07) is 14.1. The van der Waals surface area contributed by atoms with E-state index in [0.29, 0.717) is 23.9 Å². The molecule has 0 saturated heterocycles. The number of benzene rings is 1. The minimum absolute atomic E-state index is 0.177. The average molecular weight is 423 g/mol. The van der Waals surface area contributed by atoms with Crippen molar-refractivity contribution in [1.82, 2.24) is 14.5 Å². The van der Waals surface area contributed by atoms with Gasteiger partial charge in [-0.05, 0) is 24.4 Å². The third-order valence-electron chi connectivity index (χ3n) is 4.85. The minimum Gasteiger partial charge on any atom is -0.492 e. The number of hydrogen-bond donors (Lipinski definition) is 2. The molecule has 1 aromatic carbocycles. The summed E-state index contributed by atoms with van der Waals surface area (Å²) in [5.74, 6) is 0.0629. The third-order valence-corrected chi connectivity index (χ3v) is 5.98. The number of para-hydroxylation sites is 1. The van der Waals surface area contributed by atoms with Gasteiger partial charge in [0, 0.05) is 43.4 Å². The number of anilines is 1. The van der Waals surface area contributed by atoms with E-state index in [1.807, 2.05) is 25.1 Å². The number of hydrogen-bond acceptors (Lipinski definition) is 6. The van der Waals surface area contributed by atoms with Crippen LogP contribution < -0.4 is 10.1 Å². The van der Waals surface area contributed by atoms with Crippen LogP contribution in [0.25, 0.3) is 21.5 Å². The average Bonchev–Trinajstić information content (AvgIpc) is 3.31. The third kappa shape index (κ3) is 3.99. The highest BCUT2D eigenvalue weighted by Gasteiger charge is 2.18. The van der Waals surface area contributed by atoms with E-state index in [9.17, 15) is 9.90 Å². The second kappa shape index (κ2) is 8.54. The van der Waals surface area contributed by atoms with E-state index in [-0.39, 0.29) is 4.88 Å². The topological polar surface area (TPSA) is 89.3 Å². The smallest absolute Gasteiger partial charge is 0.349 e. The van der Waals surface area contributed by atoms with E-state index in [4.69, 9.17) is 4.74 Å². The molecule has 4 aromatic rings. The van der Waals surface area contributed by atoms with Gasteiger partial charge in [0.1, 0.15) is 17.9 Å². The van der Waals surface area contributed by atoms with E-state index < -0.39 is 5.97 Å². The molecule has 3 aromatic heterocycles.